The monoisotopic (exact) mass is 290 g/mol. The lowest BCUT2D eigenvalue weighted by molar-refractivity contribution is 0.0257. The molecule has 0 bridgehead atoms. The fraction of sp³-hybridized carbons (Fsp3) is 0.562. The Labute approximate surface area is 125 Å². The Balaban J connectivity index is 1.83. The van der Waals surface area contributed by atoms with E-state index in [9.17, 15) is 5.11 Å². The Morgan fingerprint density at radius 1 is 1.38 bits per heavy atom. The number of benzene rings is 1. The summed E-state index contributed by atoms with van der Waals surface area (Å²) in [5.74, 6) is 0.497. The van der Waals surface area contributed by atoms with Gasteiger partial charge in [-0.3, -0.25) is 4.90 Å². The van der Waals surface area contributed by atoms with Gasteiger partial charge in [0.1, 0.15) is 24.5 Å². The topological polar surface area (TPSA) is 76.7 Å². The first kappa shape index (κ1) is 15.8. The molecule has 0 heterocycles. The van der Waals surface area contributed by atoms with Crippen molar-refractivity contribution in [2.45, 2.75) is 31.4 Å². The van der Waals surface area contributed by atoms with Crippen LogP contribution in [0.5, 0.6) is 5.75 Å². The van der Waals surface area contributed by atoms with Gasteiger partial charge in [0, 0.05) is 19.1 Å². The molecule has 1 aliphatic rings. The van der Waals surface area contributed by atoms with E-state index in [4.69, 9.17) is 15.1 Å². The zero-order valence-electron chi connectivity index (χ0n) is 12.1. The van der Waals surface area contributed by atoms with E-state index in [1.54, 1.807) is 24.3 Å². The van der Waals surface area contributed by atoms with Gasteiger partial charge in [-0.15, -0.1) is 0 Å². The van der Waals surface area contributed by atoms with Crippen LogP contribution in [0.2, 0.25) is 0 Å². The number of hydrogen-bond acceptors (Lipinski definition) is 5. The average Bonchev–Trinajstić information content (AvgIpc) is 2.44. The standard InChI is InChI=1S/C16H22N2O3/c17-10-13-4-1-2-7-16(13)21-12-15(20)11-18(8-9-19)14-5-3-6-14/h1-2,4,7,14-15,19-20H,3,5-6,8-9,11-12H2. The van der Waals surface area contributed by atoms with Crippen LogP contribution >= 0.6 is 0 Å². The molecule has 0 aromatic heterocycles. The maximum absolute atomic E-state index is 10.1. The van der Waals surface area contributed by atoms with Crippen molar-refractivity contribution in [2.75, 3.05) is 26.3 Å². The van der Waals surface area contributed by atoms with E-state index in [1.807, 2.05) is 0 Å². The molecule has 1 aromatic rings. The number of hydrogen-bond donors (Lipinski definition) is 2. The summed E-state index contributed by atoms with van der Waals surface area (Å²) in [6, 6.07) is 9.53. The van der Waals surface area contributed by atoms with Gasteiger partial charge >= 0.3 is 0 Å². The van der Waals surface area contributed by atoms with Gasteiger partial charge in [0.05, 0.1) is 12.2 Å². The average molecular weight is 290 g/mol. The van der Waals surface area contributed by atoms with Gasteiger partial charge < -0.3 is 14.9 Å². The van der Waals surface area contributed by atoms with Gasteiger partial charge in [-0.2, -0.15) is 5.26 Å². The molecule has 21 heavy (non-hydrogen) atoms. The molecule has 0 aliphatic heterocycles. The fourth-order valence-corrected chi connectivity index (χ4v) is 2.50. The molecule has 5 heteroatoms. The third kappa shape index (κ3) is 4.43. The van der Waals surface area contributed by atoms with Crippen molar-refractivity contribution in [1.29, 1.82) is 5.26 Å². The zero-order chi connectivity index (χ0) is 15.1. The first-order valence-electron chi connectivity index (χ1n) is 7.39. The predicted octanol–water partition coefficient (Wildman–Crippen LogP) is 1.14. The summed E-state index contributed by atoms with van der Waals surface area (Å²) in [6.45, 7) is 1.31. The Hall–Kier alpha value is -1.61. The molecule has 2 rings (SSSR count). The highest BCUT2D eigenvalue weighted by Crippen LogP contribution is 2.24. The van der Waals surface area contributed by atoms with Crippen LogP contribution in [0.25, 0.3) is 0 Å². The van der Waals surface area contributed by atoms with Crippen molar-refractivity contribution < 1.29 is 14.9 Å². The highest BCUT2D eigenvalue weighted by Gasteiger charge is 2.26. The van der Waals surface area contributed by atoms with Gasteiger partial charge in [0.15, 0.2) is 0 Å². The summed E-state index contributed by atoms with van der Waals surface area (Å²) >= 11 is 0. The lowest BCUT2D eigenvalue weighted by Crippen LogP contribution is -2.46. The molecule has 5 nitrogen and oxygen atoms in total. The number of ether oxygens (including phenoxy) is 1. The van der Waals surface area contributed by atoms with Crippen molar-refractivity contribution in [1.82, 2.24) is 4.90 Å². The van der Waals surface area contributed by atoms with Crippen molar-refractivity contribution in [3.05, 3.63) is 29.8 Å². The van der Waals surface area contributed by atoms with Gasteiger partial charge in [-0.1, -0.05) is 18.6 Å². The molecule has 0 spiro atoms. The maximum Gasteiger partial charge on any atom is 0.137 e. The van der Waals surface area contributed by atoms with E-state index < -0.39 is 6.10 Å². The molecule has 1 saturated carbocycles. The summed E-state index contributed by atoms with van der Waals surface area (Å²) < 4.78 is 5.54. The molecular weight excluding hydrogens is 268 g/mol. The van der Waals surface area contributed by atoms with E-state index >= 15 is 0 Å². The first-order valence-corrected chi connectivity index (χ1v) is 7.39. The Kier molecular flexibility index (Phi) is 6.00. The smallest absolute Gasteiger partial charge is 0.137 e. The number of aliphatic hydroxyl groups excluding tert-OH is 2. The summed E-state index contributed by atoms with van der Waals surface area (Å²) in [7, 11) is 0. The summed E-state index contributed by atoms with van der Waals surface area (Å²) in [5, 5.41) is 28.2. The molecule has 1 atom stereocenters. The quantitative estimate of drug-likeness (QED) is 0.751. The van der Waals surface area contributed by atoms with Crippen LogP contribution in [-0.2, 0) is 0 Å². The van der Waals surface area contributed by atoms with Gasteiger partial charge in [-0.25, -0.2) is 0 Å². The maximum atomic E-state index is 10.1. The first-order chi connectivity index (χ1) is 10.2. The Morgan fingerprint density at radius 2 is 2.14 bits per heavy atom. The van der Waals surface area contributed by atoms with Crippen LogP contribution < -0.4 is 4.74 Å². The molecule has 114 valence electrons. The fourth-order valence-electron chi connectivity index (χ4n) is 2.50. The van der Waals surface area contributed by atoms with E-state index in [2.05, 4.69) is 11.0 Å². The molecule has 2 N–H and O–H groups in total. The van der Waals surface area contributed by atoms with E-state index in [0.29, 0.717) is 30.4 Å². The second-order valence-corrected chi connectivity index (χ2v) is 5.38. The highest BCUT2D eigenvalue weighted by atomic mass is 16.5. The van der Waals surface area contributed by atoms with Gasteiger partial charge in [0.25, 0.3) is 0 Å². The summed E-state index contributed by atoms with van der Waals surface area (Å²) in [6.07, 6.45) is 2.84. The van der Waals surface area contributed by atoms with Crippen LogP contribution in [0.1, 0.15) is 24.8 Å². The van der Waals surface area contributed by atoms with E-state index in [0.717, 1.165) is 12.8 Å². The molecule has 1 aromatic carbocycles. The van der Waals surface area contributed by atoms with Crippen molar-refractivity contribution in [3.63, 3.8) is 0 Å². The number of rotatable bonds is 8. The molecular formula is C16H22N2O3. The zero-order valence-corrected chi connectivity index (χ0v) is 12.1. The Morgan fingerprint density at radius 3 is 2.76 bits per heavy atom. The van der Waals surface area contributed by atoms with Gasteiger partial charge in [-0.05, 0) is 25.0 Å². The largest absolute Gasteiger partial charge is 0.489 e. The van der Waals surface area contributed by atoms with Crippen LogP contribution in [-0.4, -0.2) is 53.6 Å². The molecule has 0 radical (unpaired) electrons. The third-order valence-corrected chi connectivity index (χ3v) is 3.86. The minimum absolute atomic E-state index is 0.0986. The second kappa shape index (κ2) is 7.99. The van der Waals surface area contributed by atoms with Gasteiger partial charge in [0.2, 0.25) is 0 Å². The summed E-state index contributed by atoms with van der Waals surface area (Å²) in [5.41, 5.74) is 0.468. The molecule has 1 aliphatic carbocycles. The third-order valence-electron chi connectivity index (χ3n) is 3.86. The number of nitriles is 1. The van der Waals surface area contributed by atoms with Crippen LogP contribution in [0.3, 0.4) is 0 Å². The predicted molar refractivity (Wildman–Crippen MR) is 79.0 cm³/mol. The van der Waals surface area contributed by atoms with Crippen molar-refractivity contribution in [3.8, 4) is 11.8 Å². The molecule has 1 unspecified atom stereocenters. The summed E-state index contributed by atoms with van der Waals surface area (Å²) in [4.78, 5) is 2.12. The minimum Gasteiger partial charge on any atom is -0.489 e. The van der Waals surface area contributed by atoms with Crippen LogP contribution in [0.4, 0.5) is 0 Å². The minimum atomic E-state index is -0.635. The molecule has 1 fully saturated rings. The highest BCUT2D eigenvalue weighted by molar-refractivity contribution is 5.42. The lowest BCUT2D eigenvalue weighted by Gasteiger charge is -2.38. The van der Waals surface area contributed by atoms with Crippen LogP contribution in [0, 0.1) is 11.3 Å². The Bertz CT molecular complexity index is 483. The SMILES string of the molecule is N#Cc1ccccc1OCC(O)CN(CCO)C1CCC1. The van der Waals surface area contributed by atoms with Crippen molar-refractivity contribution in [2.24, 2.45) is 0 Å². The number of aliphatic hydroxyl groups is 2. The number of nitrogens with zero attached hydrogens (tertiary/aromatic N) is 2. The van der Waals surface area contributed by atoms with E-state index in [1.165, 1.54) is 6.42 Å². The normalized spacial score (nSPS) is 16.3. The number of para-hydroxylation sites is 1. The lowest BCUT2D eigenvalue weighted by atomic mass is 9.91. The molecule has 0 amide bonds. The van der Waals surface area contributed by atoms with Crippen LogP contribution in [0.15, 0.2) is 24.3 Å². The molecule has 0 saturated heterocycles. The van der Waals surface area contributed by atoms with E-state index in [-0.39, 0.29) is 13.2 Å². The second-order valence-electron chi connectivity index (χ2n) is 5.38. The van der Waals surface area contributed by atoms with Crippen molar-refractivity contribution >= 4 is 0 Å².